The summed E-state index contributed by atoms with van der Waals surface area (Å²) >= 11 is 6.21. The number of halogens is 1. The number of para-hydroxylation sites is 1. The zero-order chi connectivity index (χ0) is 17.4. The molecule has 0 aliphatic carbocycles. The quantitative estimate of drug-likeness (QED) is 0.615. The predicted octanol–water partition coefficient (Wildman–Crippen LogP) is 3.87. The van der Waals surface area contributed by atoms with Gasteiger partial charge in [-0.25, -0.2) is 9.89 Å². The van der Waals surface area contributed by atoms with Crippen LogP contribution in [0.2, 0.25) is 0 Å². The van der Waals surface area contributed by atoms with Crippen LogP contribution in [0, 0.1) is 20.8 Å². The number of carbonyl (C=O) groups excluding carboxylic acids is 2. The van der Waals surface area contributed by atoms with Gasteiger partial charge in [0.25, 0.3) is 11.8 Å². The zero-order valence-corrected chi connectivity index (χ0v) is 14.5. The Bertz CT molecular complexity index is 873. The summed E-state index contributed by atoms with van der Waals surface area (Å²) in [6, 6.07) is 13.0. The second kappa shape index (κ2) is 6.21. The van der Waals surface area contributed by atoms with Gasteiger partial charge in [0, 0.05) is 0 Å². The molecule has 1 unspecified atom stereocenters. The molecule has 0 spiro atoms. The molecule has 3 rings (SSSR count). The van der Waals surface area contributed by atoms with Gasteiger partial charge in [-0.3, -0.25) is 9.59 Å². The molecule has 2 aromatic rings. The van der Waals surface area contributed by atoms with Crippen molar-refractivity contribution >= 4 is 40.5 Å². The van der Waals surface area contributed by atoms with Crippen molar-refractivity contribution in [1.29, 1.82) is 0 Å². The molecule has 0 radical (unpaired) electrons. The summed E-state index contributed by atoms with van der Waals surface area (Å²) in [7, 11) is 0. The van der Waals surface area contributed by atoms with E-state index >= 15 is 0 Å². The van der Waals surface area contributed by atoms with Crippen LogP contribution in [0.5, 0.6) is 0 Å². The van der Waals surface area contributed by atoms with Gasteiger partial charge >= 0.3 is 0 Å². The second-order valence-electron chi connectivity index (χ2n) is 5.91. The fourth-order valence-electron chi connectivity index (χ4n) is 2.76. The molecule has 0 saturated carbocycles. The monoisotopic (exact) mass is 340 g/mol. The molecule has 24 heavy (non-hydrogen) atoms. The molecule has 1 aliphatic rings. The van der Waals surface area contributed by atoms with Crippen LogP contribution < -0.4 is 4.90 Å². The van der Waals surface area contributed by atoms with Gasteiger partial charge in [0.15, 0.2) is 5.38 Å². The zero-order valence-electron chi connectivity index (χ0n) is 13.7. The van der Waals surface area contributed by atoms with Gasteiger partial charge in [-0.15, -0.1) is 11.6 Å². The third kappa shape index (κ3) is 2.74. The van der Waals surface area contributed by atoms with Crippen molar-refractivity contribution in [1.82, 2.24) is 0 Å². The van der Waals surface area contributed by atoms with E-state index in [1.54, 1.807) is 12.1 Å². The normalized spacial score (nSPS) is 19.4. The maximum absolute atomic E-state index is 12.8. The molecule has 1 aliphatic heterocycles. The van der Waals surface area contributed by atoms with Crippen molar-refractivity contribution in [2.45, 2.75) is 26.1 Å². The highest BCUT2D eigenvalue weighted by Gasteiger charge is 2.45. The molecule has 2 amide bonds. The molecule has 0 aromatic heterocycles. The van der Waals surface area contributed by atoms with E-state index < -0.39 is 17.2 Å². The van der Waals surface area contributed by atoms with E-state index in [2.05, 4.69) is 4.99 Å². The summed E-state index contributed by atoms with van der Waals surface area (Å²) in [5.74, 6) is -0.920. The van der Waals surface area contributed by atoms with Gasteiger partial charge in [-0.1, -0.05) is 35.9 Å². The lowest BCUT2D eigenvalue weighted by molar-refractivity contribution is -0.120. The van der Waals surface area contributed by atoms with Crippen molar-refractivity contribution in [3.05, 3.63) is 59.2 Å². The van der Waals surface area contributed by atoms with Gasteiger partial charge in [0.2, 0.25) is 0 Å². The minimum atomic E-state index is -1.07. The van der Waals surface area contributed by atoms with E-state index in [-0.39, 0.29) is 5.71 Å². The number of aryl methyl sites for hydroxylation is 3. The van der Waals surface area contributed by atoms with Gasteiger partial charge in [0.05, 0.1) is 11.4 Å². The maximum Gasteiger partial charge on any atom is 0.281 e. The first-order valence-electron chi connectivity index (χ1n) is 7.64. The molecule has 1 atom stereocenters. The highest BCUT2D eigenvalue weighted by molar-refractivity contribution is 6.68. The third-order valence-corrected chi connectivity index (χ3v) is 4.44. The predicted molar refractivity (Wildman–Crippen MR) is 96.3 cm³/mol. The maximum atomic E-state index is 12.8. The lowest BCUT2D eigenvalue weighted by Gasteiger charge is -2.16. The fraction of sp³-hybridized carbons (Fsp3) is 0.211. The Labute approximate surface area is 145 Å². The Morgan fingerprint density at radius 3 is 2.38 bits per heavy atom. The van der Waals surface area contributed by atoms with Crippen molar-refractivity contribution in [2.24, 2.45) is 4.99 Å². The van der Waals surface area contributed by atoms with Crippen LogP contribution in [0.3, 0.4) is 0 Å². The number of anilines is 1. The van der Waals surface area contributed by atoms with Crippen LogP contribution in [0.1, 0.15) is 16.7 Å². The molecular weight excluding hydrogens is 324 g/mol. The van der Waals surface area contributed by atoms with Crippen molar-refractivity contribution in [2.75, 3.05) is 4.90 Å². The van der Waals surface area contributed by atoms with Gasteiger partial charge < -0.3 is 0 Å². The molecule has 122 valence electrons. The summed E-state index contributed by atoms with van der Waals surface area (Å²) in [4.78, 5) is 30.8. The molecule has 1 fully saturated rings. The number of hydrogen-bond acceptors (Lipinski definition) is 3. The van der Waals surface area contributed by atoms with E-state index in [1.165, 1.54) is 0 Å². The lowest BCUT2D eigenvalue weighted by Crippen LogP contribution is -2.31. The Morgan fingerprint density at radius 2 is 1.71 bits per heavy atom. The number of nitrogens with zero attached hydrogens (tertiary/aromatic N) is 2. The van der Waals surface area contributed by atoms with Crippen molar-refractivity contribution in [3.63, 3.8) is 0 Å². The highest BCUT2D eigenvalue weighted by atomic mass is 35.5. The summed E-state index contributed by atoms with van der Waals surface area (Å²) in [5.41, 5.74) is 4.08. The highest BCUT2D eigenvalue weighted by Crippen LogP contribution is 2.29. The van der Waals surface area contributed by atoms with E-state index in [1.807, 2.05) is 51.1 Å². The average molecular weight is 341 g/mol. The van der Waals surface area contributed by atoms with Crippen LogP contribution >= 0.6 is 11.6 Å². The van der Waals surface area contributed by atoms with Crippen LogP contribution in [0.25, 0.3) is 0 Å². The minimum Gasteiger partial charge on any atom is -0.272 e. The number of benzene rings is 2. The van der Waals surface area contributed by atoms with Gasteiger partial charge in [-0.05, 0) is 44.0 Å². The van der Waals surface area contributed by atoms with E-state index in [9.17, 15) is 9.59 Å². The summed E-state index contributed by atoms with van der Waals surface area (Å²) in [5, 5.41) is -1.07. The SMILES string of the molecule is Cc1ccc(N2C(=O)C(=Nc3ccccc3C)C(Cl)C2=O)c(C)c1. The van der Waals surface area contributed by atoms with Gasteiger partial charge in [-0.2, -0.15) is 0 Å². The van der Waals surface area contributed by atoms with Crippen LogP contribution in [0.4, 0.5) is 11.4 Å². The Morgan fingerprint density at radius 1 is 1.00 bits per heavy atom. The van der Waals surface area contributed by atoms with Gasteiger partial charge in [0.1, 0.15) is 5.71 Å². The number of amides is 2. The number of alkyl halides is 1. The average Bonchev–Trinajstić information content (AvgIpc) is 2.74. The second-order valence-corrected chi connectivity index (χ2v) is 6.35. The van der Waals surface area contributed by atoms with E-state index in [4.69, 9.17) is 11.6 Å². The molecule has 0 N–H and O–H groups in total. The largest absolute Gasteiger partial charge is 0.281 e. The smallest absolute Gasteiger partial charge is 0.272 e. The Hall–Kier alpha value is -2.46. The number of rotatable bonds is 2. The summed E-state index contributed by atoms with van der Waals surface area (Å²) < 4.78 is 0. The van der Waals surface area contributed by atoms with Crippen LogP contribution in [0.15, 0.2) is 47.5 Å². The number of hydrogen-bond donors (Lipinski definition) is 0. The molecule has 0 bridgehead atoms. The van der Waals surface area contributed by atoms with E-state index in [0.29, 0.717) is 11.4 Å². The number of aliphatic imine (C=N–C) groups is 1. The molecule has 2 aromatic carbocycles. The molecule has 1 saturated heterocycles. The third-order valence-electron chi connectivity index (χ3n) is 4.05. The molecule has 5 heteroatoms. The van der Waals surface area contributed by atoms with Crippen LogP contribution in [-0.2, 0) is 9.59 Å². The summed E-state index contributed by atoms with van der Waals surface area (Å²) in [6.07, 6.45) is 0. The minimum absolute atomic E-state index is 0.0657. The topological polar surface area (TPSA) is 49.7 Å². The standard InChI is InChI=1S/C19H17ClN2O2/c1-11-8-9-15(13(3)10-11)22-18(23)16(20)17(19(22)24)21-14-7-5-4-6-12(14)2/h4-10,16H,1-3H3. The fourth-order valence-corrected chi connectivity index (χ4v) is 3.00. The van der Waals surface area contributed by atoms with Crippen LogP contribution in [-0.4, -0.2) is 22.9 Å². The summed E-state index contributed by atoms with van der Waals surface area (Å²) in [6.45, 7) is 5.72. The van der Waals surface area contributed by atoms with E-state index in [0.717, 1.165) is 21.6 Å². The number of imide groups is 1. The molecular formula is C19H17ClN2O2. The molecule has 1 heterocycles. The lowest BCUT2D eigenvalue weighted by atomic mass is 10.1. The number of carbonyl (C=O) groups is 2. The van der Waals surface area contributed by atoms with Crippen molar-refractivity contribution in [3.8, 4) is 0 Å². The first-order chi connectivity index (χ1) is 11.4. The van der Waals surface area contributed by atoms with Crippen molar-refractivity contribution < 1.29 is 9.59 Å². The Kier molecular flexibility index (Phi) is 4.24. The first-order valence-corrected chi connectivity index (χ1v) is 8.07. The molecule has 4 nitrogen and oxygen atoms in total. The Balaban J connectivity index is 2.05. The first kappa shape index (κ1) is 16.4.